The standard InChI is InChI=1S/C58H54Br2S2/c1-5-7-9-11-19-39-21-15-25-43(33-39)57(41-23-13-17-37(3)31-41)49-35-45(59)27-29-47(49)53-51(57)55-56(61-53)52-54(62-55)48-30-28-46(60)36-50(48)58(52,42-24-14-18-38(4)32-42)44-26-16-22-40(34-44)20-12-10-8-6-2/h13-18,21-36H,5-12,19-20H2,1-4H3. The zero-order valence-electron chi connectivity index (χ0n) is 36.3. The third-order valence-electron chi connectivity index (χ3n) is 13.8. The quantitative estimate of drug-likeness (QED) is 0.0953. The van der Waals surface area contributed by atoms with Gasteiger partial charge in [-0.25, -0.2) is 0 Å². The minimum absolute atomic E-state index is 0.496. The van der Waals surface area contributed by atoms with Gasteiger partial charge in [0.2, 0.25) is 0 Å². The fraction of sp³-hybridized carbons (Fsp3) is 0.276. The molecule has 0 saturated carbocycles. The molecule has 2 atom stereocenters. The summed E-state index contributed by atoms with van der Waals surface area (Å²) in [6.07, 6.45) is 12.3. The third-order valence-corrected chi connectivity index (χ3v) is 17.4. The van der Waals surface area contributed by atoms with Crippen molar-refractivity contribution in [1.82, 2.24) is 0 Å². The summed E-state index contributed by atoms with van der Waals surface area (Å²) < 4.78 is 5.10. The van der Waals surface area contributed by atoms with Gasteiger partial charge in [0.05, 0.1) is 20.2 Å². The molecule has 4 heteroatoms. The average Bonchev–Trinajstić information content (AvgIpc) is 3.98. The normalized spacial score (nSPS) is 17.3. The van der Waals surface area contributed by atoms with Gasteiger partial charge in [0.25, 0.3) is 0 Å². The summed E-state index contributed by atoms with van der Waals surface area (Å²) in [5.41, 5.74) is 18.3. The van der Waals surface area contributed by atoms with Gasteiger partial charge >= 0.3 is 0 Å². The van der Waals surface area contributed by atoms with E-state index in [9.17, 15) is 0 Å². The highest BCUT2D eigenvalue weighted by atomic mass is 79.9. The van der Waals surface area contributed by atoms with Crippen molar-refractivity contribution in [3.05, 3.63) is 209 Å². The Kier molecular flexibility index (Phi) is 11.6. The molecule has 312 valence electrons. The predicted molar refractivity (Wildman–Crippen MR) is 275 cm³/mol. The third kappa shape index (κ3) is 6.77. The van der Waals surface area contributed by atoms with Crippen LogP contribution in [-0.2, 0) is 23.7 Å². The topological polar surface area (TPSA) is 0 Å². The molecule has 2 aliphatic rings. The summed E-state index contributed by atoms with van der Waals surface area (Å²) in [6.45, 7) is 9.11. The van der Waals surface area contributed by atoms with Gasteiger partial charge in [0, 0.05) is 29.8 Å². The minimum Gasteiger partial charge on any atom is -0.134 e. The molecule has 0 bridgehead atoms. The van der Waals surface area contributed by atoms with Gasteiger partial charge in [-0.15, -0.1) is 22.7 Å². The molecule has 0 spiro atoms. The smallest absolute Gasteiger partial charge is 0.0736 e. The molecular weight excluding hydrogens is 921 g/mol. The number of hydrogen-bond acceptors (Lipinski definition) is 2. The number of halogens is 2. The highest BCUT2D eigenvalue weighted by Gasteiger charge is 2.54. The molecule has 2 aliphatic carbocycles. The first-order valence-electron chi connectivity index (χ1n) is 22.8. The van der Waals surface area contributed by atoms with Gasteiger partial charge in [-0.05, 0) is 119 Å². The monoisotopic (exact) mass is 972 g/mol. The van der Waals surface area contributed by atoms with E-state index in [4.69, 9.17) is 0 Å². The lowest BCUT2D eigenvalue weighted by molar-refractivity contribution is 0.665. The molecule has 8 aromatic rings. The second-order valence-electron chi connectivity index (χ2n) is 17.9. The van der Waals surface area contributed by atoms with Crippen molar-refractivity contribution in [2.24, 2.45) is 0 Å². The van der Waals surface area contributed by atoms with E-state index < -0.39 is 10.8 Å². The van der Waals surface area contributed by atoms with E-state index >= 15 is 0 Å². The average molecular weight is 975 g/mol. The maximum atomic E-state index is 3.99. The van der Waals surface area contributed by atoms with E-state index in [1.54, 1.807) is 0 Å². The maximum absolute atomic E-state index is 3.99. The van der Waals surface area contributed by atoms with Crippen molar-refractivity contribution < 1.29 is 0 Å². The van der Waals surface area contributed by atoms with Crippen LogP contribution >= 0.6 is 54.5 Å². The largest absolute Gasteiger partial charge is 0.134 e. The van der Waals surface area contributed by atoms with Gasteiger partial charge < -0.3 is 0 Å². The summed E-state index contributed by atoms with van der Waals surface area (Å²) in [7, 11) is 0. The molecule has 0 saturated heterocycles. The zero-order chi connectivity index (χ0) is 42.6. The highest BCUT2D eigenvalue weighted by Crippen LogP contribution is 2.68. The van der Waals surface area contributed by atoms with Crippen LogP contribution in [0.4, 0.5) is 0 Å². The van der Waals surface area contributed by atoms with E-state index in [2.05, 4.69) is 193 Å². The maximum Gasteiger partial charge on any atom is 0.0736 e. The van der Waals surface area contributed by atoms with Crippen molar-refractivity contribution in [2.45, 2.75) is 103 Å². The van der Waals surface area contributed by atoms with Crippen molar-refractivity contribution >= 4 is 63.9 Å². The van der Waals surface area contributed by atoms with Crippen molar-refractivity contribution in [3.8, 4) is 20.9 Å². The number of fused-ring (bicyclic) bond motifs is 9. The van der Waals surface area contributed by atoms with Gasteiger partial charge in [0.1, 0.15) is 0 Å². The second-order valence-corrected chi connectivity index (χ2v) is 21.8. The fourth-order valence-corrected chi connectivity index (χ4v) is 14.9. The molecule has 0 N–H and O–H groups in total. The summed E-state index contributed by atoms with van der Waals surface area (Å²) in [6, 6.07) is 52.4. The first-order valence-corrected chi connectivity index (χ1v) is 26.0. The van der Waals surface area contributed by atoms with E-state index in [1.807, 2.05) is 22.7 Å². The molecule has 2 heterocycles. The zero-order valence-corrected chi connectivity index (χ0v) is 41.2. The Morgan fingerprint density at radius 2 is 0.839 bits per heavy atom. The lowest BCUT2D eigenvalue weighted by Gasteiger charge is -2.35. The summed E-state index contributed by atoms with van der Waals surface area (Å²) in [5, 5.41) is 0. The van der Waals surface area contributed by atoms with Gasteiger partial charge in [-0.2, -0.15) is 0 Å². The summed E-state index contributed by atoms with van der Waals surface area (Å²) in [5.74, 6) is 0. The van der Waals surface area contributed by atoms with Crippen LogP contribution in [0, 0.1) is 13.8 Å². The van der Waals surface area contributed by atoms with Crippen LogP contribution in [-0.4, -0.2) is 0 Å². The Bertz CT molecular complexity index is 2760. The Balaban J connectivity index is 1.30. The molecule has 10 rings (SSSR count). The summed E-state index contributed by atoms with van der Waals surface area (Å²) >= 11 is 12.1. The molecule has 0 fully saturated rings. The SMILES string of the molecule is CCCCCCc1cccc(C2(c3cccc(C)c3)c3cc(Br)ccc3-c3sc4c5c(sc4c32)-c2ccc(Br)cc2C5(c2cccc(C)c2)c2cccc(CCCCCC)c2)c1. The Labute approximate surface area is 393 Å². The van der Waals surface area contributed by atoms with E-state index in [-0.39, 0.29) is 0 Å². The number of benzene rings is 6. The Hall–Kier alpha value is -4.06. The lowest BCUT2D eigenvalue weighted by atomic mass is 9.66. The van der Waals surface area contributed by atoms with Crippen LogP contribution < -0.4 is 0 Å². The number of thiophene rings is 2. The number of unbranched alkanes of at least 4 members (excludes halogenated alkanes) is 6. The molecule has 0 amide bonds. The Morgan fingerprint density at radius 3 is 1.24 bits per heavy atom. The van der Waals surface area contributed by atoms with Crippen LogP contribution in [0.3, 0.4) is 0 Å². The van der Waals surface area contributed by atoms with Crippen molar-refractivity contribution in [3.63, 3.8) is 0 Å². The van der Waals surface area contributed by atoms with Crippen molar-refractivity contribution in [1.29, 1.82) is 0 Å². The lowest BCUT2D eigenvalue weighted by Crippen LogP contribution is -2.29. The van der Waals surface area contributed by atoms with Crippen LogP contribution in [0.1, 0.15) is 132 Å². The molecule has 62 heavy (non-hydrogen) atoms. The number of hydrogen-bond donors (Lipinski definition) is 0. The summed E-state index contributed by atoms with van der Waals surface area (Å²) in [4.78, 5) is 2.82. The molecule has 2 unspecified atom stereocenters. The van der Waals surface area contributed by atoms with Gasteiger partial charge in [-0.3, -0.25) is 0 Å². The molecule has 6 aromatic carbocycles. The van der Waals surface area contributed by atoms with Crippen LogP contribution in [0.5, 0.6) is 0 Å². The minimum atomic E-state index is -0.496. The van der Waals surface area contributed by atoms with Crippen LogP contribution in [0.2, 0.25) is 0 Å². The van der Waals surface area contributed by atoms with Crippen LogP contribution in [0.15, 0.2) is 142 Å². The number of rotatable bonds is 14. The van der Waals surface area contributed by atoms with E-state index in [1.165, 1.54) is 148 Å². The molecular formula is C58H54Br2S2. The molecule has 0 aliphatic heterocycles. The fourth-order valence-electron chi connectivity index (χ4n) is 11.0. The van der Waals surface area contributed by atoms with Gasteiger partial charge in [0.15, 0.2) is 0 Å². The highest BCUT2D eigenvalue weighted by molar-refractivity contribution is 9.10. The van der Waals surface area contributed by atoms with E-state index in [0.29, 0.717) is 0 Å². The number of aryl methyl sites for hydroxylation is 4. The second kappa shape index (κ2) is 17.1. The Morgan fingerprint density at radius 1 is 0.435 bits per heavy atom. The molecule has 2 aromatic heterocycles. The molecule has 0 radical (unpaired) electrons. The molecule has 0 nitrogen and oxygen atoms in total. The first kappa shape index (κ1) is 41.9. The van der Waals surface area contributed by atoms with Crippen LogP contribution in [0.25, 0.3) is 30.3 Å². The van der Waals surface area contributed by atoms with Crippen molar-refractivity contribution in [2.75, 3.05) is 0 Å². The first-order chi connectivity index (χ1) is 30.3. The predicted octanol–water partition coefficient (Wildman–Crippen LogP) is 18.1. The van der Waals surface area contributed by atoms with E-state index in [0.717, 1.165) is 21.8 Å². The van der Waals surface area contributed by atoms with Gasteiger partial charge in [-0.1, -0.05) is 205 Å².